The second-order valence-electron chi connectivity index (χ2n) is 2.55. The molecule has 0 aliphatic carbocycles. The summed E-state index contributed by atoms with van der Waals surface area (Å²) >= 11 is 0. The van der Waals surface area contributed by atoms with Crippen LogP contribution in [-0.4, -0.2) is 18.4 Å². The number of hydrogen-bond acceptors (Lipinski definition) is 3. The highest BCUT2D eigenvalue weighted by Crippen LogP contribution is 1.94. The van der Waals surface area contributed by atoms with E-state index in [1.807, 2.05) is 6.92 Å². The van der Waals surface area contributed by atoms with Crippen LogP contribution in [0.5, 0.6) is 0 Å². The zero-order valence-electron chi connectivity index (χ0n) is 7.47. The Labute approximate surface area is 73.1 Å². The Bertz CT molecular complexity index is 134. The van der Waals surface area contributed by atoms with Gasteiger partial charge in [-0.05, 0) is 12.8 Å². The number of ketones is 1. The Hall–Kier alpha value is -0.860. The highest BCUT2D eigenvalue weighted by atomic mass is 16.5. The highest BCUT2D eigenvalue weighted by Gasteiger charge is 2.04. The summed E-state index contributed by atoms with van der Waals surface area (Å²) in [5.74, 6) is -0.357. The van der Waals surface area contributed by atoms with Crippen LogP contribution in [-0.2, 0) is 14.3 Å². The first-order valence-corrected chi connectivity index (χ1v) is 4.17. The van der Waals surface area contributed by atoms with E-state index in [1.54, 1.807) is 0 Å². The van der Waals surface area contributed by atoms with Crippen molar-refractivity contribution in [3.63, 3.8) is 0 Å². The largest absolute Gasteiger partial charge is 0.458 e. The Kier molecular flexibility index (Phi) is 6.34. The van der Waals surface area contributed by atoms with E-state index in [-0.39, 0.29) is 18.4 Å². The molecule has 0 saturated heterocycles. The van der Waals surface area contributed by atoms with Gasteiger partial charge in [0.05, 0.1) is 0 Å². The fourth-order valence-electron chi connectivity index (χ4n) is 0.729. The molecule has 0 aromatic rings. The van der Waals surface area contributed by atoms with Gasteiger partial charge in [0.1, 0.15) is 6.61 Å². The van der Waals surface area contributed by atoms with Crippen molar-refractivity contribution < 1.29 is 14.3 Å². The molecule has 0 aromatic heterocycles. The molecule has 0 bridgehead atoms. The van der Waals surface area contributed by atoms with Gasteiger partial charge in [0.2, 0.25) is 0 Å². The van der Waals surface area contributed by atoms with Crippen molar-refractivity contribution in [3.8, 4) is 0 Å². The molecule has 0 fully saturated rings. The topological polar surface area (TPSA) is 43.4 Å². The van der Waals surface area contributed by atoms with Crippen LogP contribution in [0.25, 0.3) is 0 Å². The van der Waals surface area contributed by atoms with Gasteiger partial charge < -0.3 is 4.74 Å². The molecular weight excluding hydrogens is 156 g/mol. The van der Waals surface area contributed by atoms with E-state index >= 15 is 0 Å². The quantitative estimate of drug-likeness (QED) is 0.569. The summed E-state index contributed by atoms with van der Waals surface area (Å²) in [5.41, 5.74) is 0. The van der Waals surface area contributed by atoms with Crippen molar-refractivity contribution in [2.45, 2.75) is 32.6 Å². The number of ether oxygens (including phenoxy) is 1. The van der Waals surface area contributed by atoms with E-state index in [9.17, 15) is 9.59 Å². The number of carbonyl (C=O) groups excluding carboxylic acids is 2. The molecule has 0 unspecified atom stereocenters. The molecule has 12 heavy (non-hydrogen) atoms. The average Bonchev–Trinajstić information content (AvgIpc) is 2.02. The minimum atomic E-state index is -0.338. The summed E-state index contributed by atoms with van der Waals surface area (Å²) < 4.78 is 4.67. The molecule has 0 aliphatic heterocycles. The Morgan fingerprint density at radius 3 is 2.50 bits per heavy atom. The third-order valence-electron chi connectivity index (χ3n) is 1.30. The predicted molar refractivity (Wildman–Crippen MR) is 45.5 cm³/mol. The van der Waals surface area contributed by atoms with E-state index in [4.69, 9.17) is 0 Å². The van der Waals surface area contributed by atoms with Gasteiger partial charge in [0.15, 0.2) is 5.78 Å². The van der Waals surface area contributed by atoms with Gasteiger partial charge in [-0.15, -0.1) is 0 Å². The van der Waals surface area contributed by atoms with E-state index in [2.05, 4.69) is 11.7 Å². The first-order chi connectivity index (χ1) is 5.70. The third-order valence-corrected chi connectivity index (χ3v) is 1.30. The lowest BCUT2D eigenvalue weighted by molar-refractivity contribution is -0.147. The van der Waals surface area contributed by atoms with Gasteiger partial charge in [0.25, 0.3) is 0 Å². The minimum Gasteiger partial charge on any atom is -0.458 e. The predicted octanol–water partition coefficient (Wildman–Crippen LogP) is 1.51. The van der Waals surface area contributed by atoms with Crippen molar-refractivity contribution in [1.29, 1.82) is 0 Å². The number of carbonyl (C=O) groups is 2. The van der Waals surface area contributed by atoms with Crippen molar-refractivity contribution >= 4 is 11.8 Å². The van der Waals surface area contributed by atoms with Crippen LogP contribution >= 0.6 is 0 Å². The zero-order valence-corrected chi connectivity index (χ0v) is 7.47. The summed E-state index contributed by atoms with van der Waals surface area (Å²) in [4.78, 5) is 21.6. The van der Waals surface area contributed by atoms with E-state index in [1.165, 1.54) is 0 Å². The molecule has 0 rings (SSSR count). The summed E-state index contributed by atoms with van der Waals surface area (Å²) in [5, 5.41) is 0. The molecule has 69 valence electrons. The first-order valence-electron chi connectivity index (χ1n) is 4.17. The lowest BCUT2D eigenvalue weighted by Gasteiger charge is -2.01. The van der Waals surface area contributed by atoms with Gasteiger partial charge in [-0.3, -0.25) is 9.59 Å². The number of rotatable bonds is 6. The van der Waals surface area contributed by atoms with Crippen molar-refractivity contribution in [2.75, 3.05) is 6.61 Å². The third kappa shape index (κ3) is 5.89. The van der Waals surface area contributed by atoms with Crippen LogP contribution in [0.2, 0.25) is 0 Å². The van der Waals surface area contributed by atoms with E-state index < -0.39 is 0 Å². The molecule has 0 N–H and O–H groups in total. The van der Waals surface area contributed by atoms with Crippen molar-refractivity contribution in [3.05, 3.63) is 6.92 Å². The van der Waals surface area contributed by atoms with Crippen LogP contribution in [0, 0.1) is 6.92 Å². The Balaban J connectivity index is 3.40. The molecular formula is C9H15O3. The summed E-state index contributed by atoms with van der Waals surface area (Å²) in [6.45, 7) is 5.34. The molecule has 1 radical (unpaired) electrons. The fraction of sp³-hybridized carbons (Fsp3) is 0.667. The molecule has 0 aliphatic rings. The molecule has 0 amide bonds. The van der Waals surface area contributed by atoms with E-state index in [0.29, 0.717) is 19.3 Å². The van der Waals surface area contributed by atoms with Crippen LogP contribution in [0.1, 0.15) is 32.6 Å². The Morgan fingerprint density at radius 2 is 2.00 bits per heavy atom. The molecule has 0 heterocycles. The molecule has 0 spiro atoms. The minimum absolute atomic E-state index is 0.0186. The van der Waals surface area contributed by atoms with Gasteiger partial charge in [-0.25, -0.2) is 0 Å². The number of hydrogen-bond donors (Lipinski definition) is 0. The SMILES string of the molecule is [CH2]CCC(=O)OCC(=O)CCC. The molecule has 0 atom stereocenters. The van der Waals surface area contributed by atoms with Crippen LogP contribution < -0.4 is 0 Å². The number of Topliss-reactive ketones (excluding diaryl/α,β-unsaturated/α-hetero) is 1. The molecule has 0 saturated carbocycles. The van der Waals surface area contributed by atoms with Crippen LogP contribution in [0.4, 0.5) is 0 Å². The number of esters is 1. The monoisotopic (exact) mass is 171 g/mol. The molecule has 0 aromatic carbocycles. The van der Waals surface area contributed by atoms with Gasteiger partial charge in [-0.2, -0.15) is 0 Å². The lowest BCUT2D eigenvalue weighted by Crippen LogP contribution is -2.12. The highest BCUT2D eigenvalue weighted by molar-refractivity contribution is 5.82. The van der Waals surface area contributed by atoms with E-state index in [0.717, 1.165) is 6.42 Å². The van der Waals surface area contributed by atoms with Crippen LogP contribution in [0.15, 0.2) is 0 Å². The maximum Gasteiger partial charge on any atom is 0.306 e. The van der Waals surface area contributed by atoms with Crippen molar-refractivity contribution in [1.82, 2.24) is 0 Å². The smallest absolute Gasteiger partial charge is 0.306 e. The average molecular weight is 171 g/mol. The summed E-state index contributed by atoms with van der Waals surface area (Å²) in [6, 6.07) is 0. The maximum absolute atomic E-state index is 10.9. The van der Waals surface area contributed by atoms with Crippen LogP contribution in [0.3, 0.4) is 0 Å². The maximum atomic E-state index is 10.9. The Morgan fingerprint density at radius 1 is 1.33 bits per heavy atom. The lowest BCUT2D eigenvalue weighted by atomic mass is 10.2. The molecule has 3 heteroatoms. The fourth-order valence-corrected chi connectivity index (χ4v) is 0.729. The second-order valence-corrected chi connectivity index (χ2v) is 2.55. The van der Waals surface area contributed by atoms with Gasteiger partial charge in [-0.1, -0.05) is 13.8 Å². The summed E-state index contributed by atoms with van der Waals surface area (Å²) in [7, 11) is 0. The van der Waals surface area contributed by atoms with Crippen molar-refractivity contribution in [2.24, 2.45) is 0 Å². The second kappa shape index (κ2) is 6.83. The standard InChI is InChI=1S/C9H15O3/c1-3-5-8(10)7-12-9(11)6-4-2/h2-7H2,1H3. The van der Waals surface area contributed by atoms with Gasteiger partial charge in [0, 0.05) is 12.8 Å². The summed E-state index contributed by atoms with van der Waals surface area (Å²) in [6.07, 6.45) is 2.09. The molecule has 3 nitrogen and oxygen atoms in total. The normalized spacial score (nSPS) is 9.50. The zero-order chi connectivity index (χ0) is 9.40. The van der Waals surface area contributed by atoms with Gasteiger partial charge >= 0.3 is 5.97 Å². The first kappa shape index (κ1) is 11.1.